The van der Waals surface area contributed by atoms with E-state index in [1.807, 2.05) is 4.90 Å². The summed E-state index contributed by atoms with van der Waals surface area (Å²) in [6.45, 7) is 4.87. The van der Waals surface area contributed by atoms with Gasteiger partial charge in [0.25, 0.3) is 5.91 Å². The van der Waals surface area contributed by atoms with E-state index >= 15 is 0 Å². The monoisotopic (exact) mass is 445 g/mol. The number of hydrogen-bond donors (Lipinski definition) is 3. The maximum Gasteiger partial charge on any atom is 0.267 e. The Morgan fingerprint density at radius 2 is 2.23 bits per heavy atom. The number of para-hydroxylation sites is 1. The smallest absolute Gasteiger partial charge is 0.267 e. The van der Waals surface area contributed by atoms with Crippen molar-refractivity contribution in [1.82, 2.24) is 15.0 Å². The van der Waals surface area contributed by atoms with Gasteiger partial charge in [-0.05, 0) is 31.9 Å². The van der Waals surface area contributed by atoms with Crippen molar-refractivity contribution in [2.24, 2.45) is 0 Å². The van der Waals surface area contributed by atoms with Crippen LogP contribution in [0.4, 0.5) is 22.5 Å². The van der Waals surface area contributed by atoms with Crippen molar-refractivity contribution in [3.63, 3.8) is 0 Å². The Hall–Kier alpha value is -2.75. The van der Waals surface area contributed by atoms with Gasteiger partial charge in [0.15, 0.2) is 5.13 Å². The molecule has 10 heteroatoms. The number of halogens is 1. The first kappa shape index (κ1) is 19.2. The lowest BCUT2D eigenvalue weighted by Gasteiger charge is -2.17. The van der Waals surface area contributed by atoms with E-state index in [2.05, 4.69) is 25.6 Å². The average molecular weight is 446 g/mol. The van der Waals surface area contributed by atoms with Crippen LogP contribution in [0.2, 0.25) is 5.02 Å². The van der Waals surface area contributed by atoms with E-state index in [0.717, 1.165) is 12.4 Å². The van der Waals surface area contributed by atoms with Gasteiger partial charge in [-0.15, -0.1) is 0 Å². The molecule has 1 aliphatic rings. The van der Waals surface area contributed by atoms with Gasteiger partial charge in [0.2, 0.25) is 0 Å². The van der Waals surface area contributed by atoms with Gasteiger partial charge in [0.1, 0.15) is 22.3 Å². The van der Waals surface area contributed by atoms with Crippen molar-refractivity contribution in [1.29, 1.82) is 0 Å². The minimum Gasteiger partial charge on any atom is -0.391 e. The molecule has 1 saturated heterocycles. The lowest BCUT2D eigenvalue weighted by Crippen LogP contribution is -2.22. The summed E-state index contributed by atoms with van der Waals surface area (Å²) in [5, 5.41) is 16.5. The van der Waals surface area contributed by atoms with E-state index in [4.69, 9.17) is 13.0 Å². The molecule has 1 atom stereocenters. The number of nitrogens with zero attached hydrogens (tertiary/aromatic N) is 4. The number of thiazole rings is 1. The van der Waals surface area contributed by atoms with Crippen LogP contribution in [0.15, 0.2) is 30.4 Å². The van der Waals surface area contributed by atoms with Crippen molar-refractivity contribution in [2.75, 3.05) is 28.6 Å². The Balaban J connectivity index is 1.48. The van der Waals surface area contributed by atoms with Gasteiger partial charge < -0.3 is 20.6 Å². The number of anilines is 4. The molecule has 0 spiro atoms. The second-order valence-electron chi connectivity index (χ2n) is 7.02. The number of benzene rings is 1. The molecule has 1 fully saturated rings. The lowest BCUT2D eigenvalue weighted by molar-refractivity contribution is 0.103. The molecule has 0 saturated carbocycles. The number of carbonyl (C=O) groups excluding carboxylic acids is 1. The zero-order valence-electron chi connectivity index (χ0n) is 17.4. The van der Waals surface area contributed by atoms with Gasteiger partial charge in [-0.1, -0.05) is 35.0 Å². The normalized spacial score (nSPS) is 16.5. The third-order valence-corrected chi connectivity index (χ3v) is 5.87. The number of aliphatic hydroxyl groups excluding tert-OH is 1. The summed E-state index contributed by atoms with van der Waals surface area (Å²) in [5.74, 6) is 1.57. The maximum atomic E-state index is 12.7. The lowest BCUT2D eigenvalue weighted by atomic mass is 10.2. The van der Waals surface area contributed by atoms with Gasteiger partial charge >= 0.3 is 0 Å². The van der Waals surface area contributed by atoms with Crippen LogP contribution in [0.25, 0.3) is 0 Å². The van der Waals surface area contributed by atoms with Crippen molar-refractivity contribution < 1.29 is 11.3 Å². The third-order valence-electron chi connectivity index (χ3n) is 4.66. The van der Waals surface area contributed by atoms with Gasteiger partial charge in [-0.2, -0.15) is 0 Å². The summed E-state index contributed by atoms with van der Waals surface area (Å²) >= 11 is 7.36. The summed E-state index contributed by atoms with van der Waals surface area (Å²) in [4.78, 5) is 28.2. The minimum absolute atomic E-state index is 0.285. The summed E-state index contributed by atoms with van der Waals surface area (Å²) in [5.41, 5.74) is 1.19. The highest BCUT2D eigenvalue weighted by molar-refractivity contribution is 7.17. The molecular weight excluding hydrogens is 424 g/mol. The fraction of sp³-hybridized carbons (Fsp3) is 0.300. The largest absolute Gasteiger partial charge is 0.391 e. The first-order chi connectivity index (χ1) is 14.8. The first-order valence-electron chi connectivity index (χ1n) is 9.88. The highest BCUT2D eigenvalue weighted by Crippen LogP contribution is 2.28. The molecule has 3 aromatic rings. The quantitative estimate of drug-likeness (QED) is 0.549. The van der Waals surface area contributed by atoms with Crippen LogP contribution in [-0.4, -0.2) is 45.2 Å². The standard InChI is InChI=1S/C20H21ClN6O2S/c1-11-4-3-5-14(21)18(11)26-19(29)15-9-22-20(30-15)25-16-8-17(24-12(2)23-16)27-7-6-13(28)10-27/h3-5,8-9,13,28H,6-7,10H2,1-2H3,(H,26,29)(H,22,23,24,25)/t13-/m1/s1/i3D. The third kappa shape index (κ3) is 4.53. The molecular formula is C20H21ClN6O2S. The molecule has 2 aromatic heterocycles. The second-order valence-corrected chi connectivity index (χ2v) is 8.46. The molecule has 1 amide bonds. The Labute approximate surface area is 184 Å². The van der Waals surface area contributed by atoms with Gasteiger partial charge in [0, 0.05) is 19.2 Å². The zero-order chi connectivity index (χ0) is 22.1. The zero-order valence-corrected chi connectivity index (χ0v) is 18.0. The molecule has 0 unspecified atom stereocenters. The molecule has 3 N–H and O–H groups in total. The van der Waals surface area contributed by atoms with E-state index in [-0.39, 0.29) is 18.1 Å². The second kappa shape index (κ2) is 8.55. The molecule has 4 rings (SSSR count). The number of carbonyl (C=O) groups is 1. The molecule has 156 valence electrons. The number of aryl methyl sites for hydroxylation is 2. The van der Waals surface area contributed by atoms with Crippen molar-refractivity contribution in [3.8, 4) is 0 Å². The number of amides is 1. The number of rotatable bonds is 5. The Morgan fingerprint density at radius 1 is 1.40 bits per heavy atom. The number of hydrogen-bond acceptors (Lipinski definition) is 8. The van der Waals surface area contributed by atoms with Crippen molar-refractivity contribution in [2.45, 2.75) is 26.4 Å². The summed E-state index contributed by atoms with van der Waals surface area (Å²) in [6, 6.07) is 5.21. The van der Waals surface area contributed by atoms with E-state index in [1.54, 1.807) is 26.0 Å². The fourth-order valence-electron chi connectivity index (χ4n) is 3.18. The molecule has 1 aliphatic heterocycles. The molecule has 3 heterocycles. The summed E-state index contributed by atoms with van der Waals surface area (Å²) in [6.07, 6.45) is 1.85. The molecule has 0 bridgehead atoms. The van der Waals surface area contributed by atoms with E-state index in [1.165, 1.54) is 23.6 Å². The highest BCUT2D eigenvalue weighted by Gasteiger charge is 2.22. The highest BCUT2D eigenvalue weighted by atomic mass is 35.5. The Morgan fingerprint density at radius 3 is 2.97 bits per heavy atom. The molecule has 30 heavy (non-hydrogen) atoms. The van der Waals surface area contributed by atoms with Crippen LogP contribution < -0.4 is 15.5 Å². The molecule has 8 nitrogen and oxygen atoms in total. The van der Waals surface area contributed by atoms with Gasteiger partial charge in [0.05, 0.1) is 24.4 Å². The molecule has 0 radical (unpaired) electrons. The van der Waals surface area contributed by atoms with Crippen molar-refractivity contribution >= 4 is 51.3 Å². The van der Waals surface area contributed by atoms with Gasteiger partial charge in [-0.3, -0.25) is 4.79 Å². The van der Waals surface area contributed by atoms with Crippen LogP contribution in [0.3, 0.4) is 0 Å². The molecule has 0 aliphatic carbocycles. The minimum atomic E-state index is -0.346. The van der Waals surface area contributed by atoms with Crippen LogP contribution in [0, 0.1) is 13.8 Å². The summed E-state index contributed by atoms with van der Waals surface area (Å²) < 4.78 is 7.69. The fourth-order valence-corrected chi connectivity index (χ4v) is 4.16. The van der Waals surface area contributed by atoms with Crippen LogP contribution in [0.1, 0.15) is 28.9 Å². The van der Waals surface area contributed by atoms with E-state index < -0.39 is 0 Å². The molecule has 1 aromatic carbocycles. The van der Waals surface area contributed by atoms with Gasteiger partial charge in [-0.25, -0.2) is 15.0 Å². The number of aromatic nitrogens is 3. The Bertz CT molecular complexity index is 1120. The van der Waals surface area contributed by atoms with E-state index in [0.29, 0.717) is 50.9 Å². The summed E-state index contributed by atoms with van der Waals surface area (Å²) in [7, 11) is 0. The van der Waals surface area contributed by atoms with Crippen LogP contribution in [0.5, 0.6) is 0 Å². The number of nitrogens with one attached hydrogen (secondary N) is 2. The average Bonchev–Trinajstić information content (AvgIpc) is 3.33. The topological polar surface area (TPSA) is 103 Å². The Kier molecular flexibility index (Phi) is 5.48. The van der Waals surface area contributed by atoms with Crippen LogP contribution in [-0.2, 0) is 0 Å². The first-order valence-corrected chi connectivity index (χ1v) is 10.6. The predicted octanol–water partition coefficient (Wildman–Crippen LogP) is 3.77. The van der Waals surface area contributed by atoms with Crippen molar-refractivity contribution in [3.05, 3.63) is 51.7 Å². The van der Waals surface area contributed by atoms with E-state index in [9.17, 15) is 9.90 Å². The number of β-amino-alcohol motifs (C(OH)–C–C–N with tert-alkyl or cyclic N) is 1. The number of aliphatic hydroxyl groups is 1. The SMILES string of the molecule is [2H]c1cc(C)c(NC(=O)c2cnc(Nc3cc(N4CC[C@@H](O)C4)nc(C)n3)s2)c(Cl)c1. The van der Waals surface area contributed by atoms with Crippen LogP contribution >= 0.6 is 22.9 Å². The maximum absolute atomic E-state index is 12.7. The predicted molar refractivity (Wildman–Crippen MR) is 119 cm³/mol.